The van der Waals surface area contributed by atoms with Gasteiger partial charge in [-0.3, -0.25) is 0 Å². The first kappa shape index (κ1) is 180. The Bertz CT molecular complexity index is 3.25. The fourth-order valence-electron chi connectivity index (χ4n) is 0. The van der Waals surface area contributed by atoms with Crippen molar-refractivity contribution in [3.63, 3.8) is 0 Å². The van der Waals surface area contributed by atoms with E-state index >= 15 is 0 Å². The summed E-state index contributed by atoms with van der Waals surface area (Å²) in [5.74, 6) is 0. The minimum absolute atomic E-state index is 0. The van der Waals surface area contributed by atoms with Gasteiger partial charge in [-0.05, 0) is 0 Å². The summed E-state index contributed by atoms with van der Waals surface area (Å²) < 4.78 is 0. The molecule has 0 aromatic rings. The molecule has 0 aliphatic carbocycles. The summed E-state index contributed by atoms with van der Waals surface area (Å²) in [4.78, 5) is 0. The fraction of sp³-hybridized carbons (Fsp3) is 0. The molecular weight excluding hydrogens is 243 g/mol. The van der Waals surface area contributed by atoms with Gasteiger partial charge in [-0.15, -0.1) is 0 Å². The maximum atomic E-state index is 0. The Morgan fingerprint density at radius 1 is 0.750 bits per heavy atom. The van der Waals surface area contributed by atoms with Crippen LogP contribution < -0.4 is 0 Å². The van der Waals surface area contributed by atoms with Gasteiger partial charge >= 0.3 is 21.1 Å². The van der Waals surface area contributed by atoms with Gasteiger partial charge in [0.1, 0.15) is 0 Å². The third-order valence-corrected chi connectivity index (χ3v) is 0. The standard InChI is InChI=1S/3H2O.Pt/h3*1H2;/q;;;+2/p-2. The molecule has 0 fully saturated rings. The van der Waals surface area contributed by atoms with Crippen LogP contribution in [0, 0.1) is 0 Å². The van der Waals surface area contributed by atoms with Crippen molar-refractivity contribution in [2.24, 2.45) is 0 Å². The van der Waals surface area contributed by atoms with Crippen LogP contribution in [0.25, 0.3) is 0 Å². The van der Waals surface area contributed by atoms with Gasteiger partial charge in [0.25, 0.3) is 0 Å². The van der Waals surface area contributed by atoms with E-state index in [0.29, 0.717) is 0 Å². The second-order valence-electron chi connectivity index (χ2n) is 0. The first-order valence-corrected chi connectivity index (χ1v) is 0. The van der Waals surface area contributed by atoms with E-state index in [0.717, 1.165) is 0 Å². The van der Waals surface area contributed by atoms with Crippen LogP contribution >= 0.6 is 0 Å². The molecule has 0 amide bonds. The molecule has 0 radical (unpaired) electrons. The quantitative estimate of drug-likeness (QED) is 0.539. The second-order valence-corrected chi connectivity index (χ2v) is 0. The maximum Gasteiger partial charge on any atom is 2.00 e. The Labute approximate surface area is 38.2 Å². The van der Waals surface area contributed by atoms with Crippen LogP contribution in [0.15, 0.2) is 0 Å². The SMILES string of the molecule is O.[OH-].[OH-].[Pt+2]. The Morgan fingerprint density at radius 2 is 0.750 bits per heavy atom. The average Bonchev–Trinajstić information content (AvgIpc) is 0. The summed E-state index contributed by atoms with van der Waals surface area (Å²) in [6, 6.07) is 0. The van der Waals surface area contributed by atoms with Gasteiger partial charge in [0.2, 0.25) is 0 Å². The monoisotopic (exact) mass is 247 g/mol. The van der Waals surface area contributed by atoms with E-state index in [9.17, 15) is 0 Å². The largest absolute Gasteiger partial charge is 2.00 e. The molecule has 0 unspecified atom stereocenters. The number of rotatable bonds is 0. The van der Waals surface area contributed by atoms with E-state index in [4.69, 9.17) is 0 Å². The van der Waals surface area contributed by atoms with Gasteiger partial charge in [-0.1, -0.05) is 0 Å². The van der Waals surface area contributed by atoms with Gasteiger partial charge in [0.15, 0.2) is 0 Å². The predicted octanol–water partition coefficient (Wildman–Crippen LogP) is -1.18. The normalized spacial score (nSPS) is 0. The molecule has 4 heavy (non-hydrogen) atoms. The molecule has 0 aliphatic heterocycles. The van der Waals surface area contributed by atoms with Crippen LogP contribution in [0.3, 0.4) is 0 Å². The Hall–Kier alpha value is 0.568. The van der Waals surface area contributed by atoms with E-state index in [1.807, 2.05) is 0 Å². The first-order chi connectivity index (χ1) is 0. The third kappa shape index (κ3) is 19.6. The first-order valence-electron chi connectivity index (χ1n) is 0. The molecule has 0 aliphatic rings. The van der Waals surface area contributed by atoms with E-state index in [-0.39, 0.29) is 37.5 Å². The molecule has 32 valence electrons. The van der Waals surface area contributed by atoms with E-state index in [1.165, 1.54) is 0 Å². The summed E-state index contributed by atoms with van der Waals surface area (Å²) in [7, 11) is 0. The molecule has 0 rings (SSSR count). The molecule has 0 atom stereocenters. The summed E-state index contributed by atoms with van der Waals surface area (Å²) in [6.45, 7) is 0. The minimum atomic E-state index is 0. The summed E-state index contributed by atoms with van der Waals surface area (Å²) in [5, 5.41) is 0. The van der Waals surface area contributed by atoms with Crippen LogP contribution in [-0.2, 0) is 21.1 Å². The Balaban J connectivity index is 0. The van der Waals surface area contributed by atoms with Gasteiger partial charge in [0, 0.05) is 0 Å². The molecule has 0 heterocycles. The van der Waals surface area contributed by atoms with Crippen molar-refractivity contribution in [3.8, 4) is 0 Å². The molecule has 0 aromatic carbocycles. The smallest absolute Gasteiger partial charge is 0.870 e. The Kier molecular flexibility index (Phi) is 3280. The maximum absolute atomic E-state index is 0. The van der Waals surface area contributed by atoms with Crippen molar-refractivity contribution < 1.29 is 37.5 Å². The van der Waals surface area contributed by atoms with Crippen LogP contribution in [-0.4, -0.2) is 16.4 Å². The van der Waals surface area contributed by atoms with Crippen molar-refractivity contribution in [1.82, 2.24) is 0 Å². The van der Waals surface area contributed by atoms with E-state index in [1.54, 1.807) is 0 Å². The van der Waals surface area contributed by atoms with Gasteiger partial charge in [-0.2, -0.15) is 0 Å². The zero-order chi connectivity index (χ0) is 0. The number of hydrogen-bond acceptors (Lipinski definition) is 2. The van der Waals surface area contributed by atoms with Crippen molar-refractivity contribution in [2.75, 3.05) is 0 Å². The van der Waals surface area contributed by atoms with Crippen molar-refractivity contribution >= 4 is 0 Å². The summed E-state index contributed by atoms with van der Waals surface area (Å²) in [5.41, 5.74) is 0. The molecule has 0 aromatic heterocycles. The van der Waals surface area contributed by atoms with Crippen molar-refractivity contribution in [2.45, 2.75) is 0 Å². The molecule has 4 N–H and O–H groups in total. The van der Waals surface area contributed by atoms with Crippen LogP contribution in [0.5, 0.6) is 0 Å². The van der Waals surface area contributed by atoms with Gasteiger partial charge in [-0.25, -0.2) is 0 Å². The van der Waals surface area contributed by atoms with Crippen LogP contribution in [0.2, 0.25) is 0 Å². The van der Waals surface area contributed by atoms with E-state index in [2.05, 4.69) is 0 Å². The van der Waals surface area contributed by atoms with Crippen molar-refractivity contribution in [1.29, 1.82) is 0 Å². The molecule has 0 spiro atoms. The summed E-state index contributed by atoms with van der Waals surface area (Å²) in [6.07, 6.45) is 0. The van der Waals surface area contributed by atoms with Gasteiger partial charge < -0.3 is 16.4 Å². The van der Waals surface area contributed by atoms with E-state index < -0.39 is 0 Å². The molecule has 3 nitrogen and oxygen atoms in total. The number of hydrogen-bond donors (Lipinski definition) is 0. The topological polar surface area (TPSA) is 91.5 Å². The zero-order valence-corrected chi connectivity index (χ0v) is 3.98. The average molecular weight is 247 g/mol. The molecule has 0 saturated carbocycles. The summed E-state index contributed by atoms with van der Waals surface area (Å²) >= 11 is 0. The zero-order valence-electron chi connectivity index (χ0n) is 1.71. The van der Waals surface area contributed by atoms with Crippen LogP contribution in [0.4, 0.5) is 0 Å². The van der Waals surface area contributed by atoms with Crippen molar-refractivity contribution in [3.05, 3.63) is 0 Å². The van der Waals surface area contributed by atoms with Gasteiger partial charge in [0.05, 0.1) is 0 Å². The molecular formula is H4O3Pt. The molecule has 0 bridgehead atoms. The second kappa shape index (κ2) is 72.9. The minimum Gasteiger partial charge on any atom is -0.870 e. The molecule has 0 saturated heterocycles. The Morgan fingerprint density at radius 3 is 0.750 bits per heavy atom. The molecule has 4 heteroatoms. The fourth-order valence-corrected chi connectivity index (χ4v) is 0. The third-order valence-electron chi connectivity index (χ3n) is 0. The van der Waals surface area contributed by atoms with Crippen LogP contribution in [0.1, 0.15) is 0 Å². The predicted molar refractivity (Wildman–Crippen MR) is 7.49 cm³/mol.